The third-order valence-electron chi connectivity index (χ3n) is 4.73. The van der Waals surface area contributed by atoms with Gasteiger partial charge in [0.1, 0.15) is 0 Å². The first kappa shape index (κ1) is 12.7. The number of hydrogen-bond acceptors (Lipinski definition) is 1. The van der Waals surface area contributed by atoms with Crippen LogP contribution in [0.25, 0.3) is 0 Å². The van der Waals surface area contributed by atoms with E-state index in [2.05, 4.69) is 24.8 Å². The average Bonchev–Trinajstić information content (AvgIpc) is 3.07. The van der Waals surface area contributed by atoms with Gasteiger partial charge in [-0.3, -0.25) is 4.79 Å². The molecule has 0 spiro atoms. The number of nitrogens with zero attached hydrogens (tertiary/aromatic N) is 1. The maximum absolute atomic E-state index is 12.9. The summed E-state index contributed by atoms with van der Waals surface area (Å²) in [4.78, 5) is 15.1. The van der Waals surface area contributed by atoms with Crippen LogP contribution in [0.2, 0.25) is 0 Å². The van der Waals surface area contributed by atoms with Crippen LogP contribution >= 0.6 is 0 Å². The molecule has 2 fully saturated rings. The van der Waals surface area contributed by atoms with E-state index in [9.17, 15) is 4.79 Å². The Bertz CT molecular complexity index is 484. The quantitative estimate of drug-likeness (QED) is 0.805. The highest BCUT2D eigenvalue weighted by atomic mass is 16.2. The fourth-order valence-corrected chi connectivity index (χ4v) is 3.29. The van der Waals surface area contributed by atoms with Gasteiger partial charge in [0.05, 0.1) is 0 Å². The monoisotopic (exact) mass is 257 g/mol. The molecule has 1 amide bonds. The molecule has 0 heterocycles. The van der Waals surface area contributed by atoms with Gasteiger partial charge in [0, 0.05) is 17.6 Å². The molecular weight excluding hydrogens is 234 g/mol. The van der Waals surface area contributed by atoms with Crippen molar-refractivity contribution in [1.29, 1.82) is 0 Å². The van der Waals surface area contributed by atoms with Crippen LogP contribution in [0, 0.1) is 13.8 Å². The highest BCUT2D eigenvalue weighted by molar-refractivity contribution is 5.96. The van der Waals surface area contributed by atoms with Gasteiger partial charge >= 0.3 is 0 Å². The third kappa shape index (κ3) is 2.41. The largest absolute Gasteiger partial charge is 0.333 e. The summed E-state index contributed by atoms with van der Waals surface area (Å²) < 4.78 is 0. The van der Waals surface area contributed by atoms with E-state index in [1.807, 2.05) is 12.1 Å². The molecule has 2 saturated carbocycles. The van der Waals surface area contributed by atoms with Crippen LogP contribution in [-0.4, -0.2) is 22.9 Å². The topological polar surface area (TPSA) is 20.3 Å². The normalized spacial score (nSPS) is 19.7. The molecule has 1 aromatic carbocycles. The van der Waals surface area contributed by atoms with Crippen molar-refractivity contribution in [2.24, 2.45) is 0 Å². The summed E-state index contributed by atoms with van der Waals surface area (Å²) in [6.45, 7) is 4.16. The van der Waals surface area contributed by atoms with Crippen molar-refractivity contribution < 1.29 is 4.79 Å². The number of hydrogen-bond donors (Lipinski definition) is 0. The van der Waals surface area contributed by atoms with Crippen LogP contribution in [0.3, 0.4) is 0 Å². The fourth-order valence-electron chi connectivity index (χ4n) is 3.29. The number of benzene rings is 1. The maximum Gasteiger partial charge on any atom is 0.254 e. The van der Waals surface area contributed by atoms with Crippen LogP contribution in [-0.2, 0) is 0 Å². The first-order chi connectivity index (χ1) is 9.18. The molecule has 0 aliphatic heterocycles. The first-order valence-corrected chi connectivity index (χ1v) is 7.57. The number of amides is 1. The van der Waals surface area contributed by atoms with E-state index in [1.54, 1.807) is 0 Å². The van der Waals surface area contributed by atoms with E-state index in [0.717, 1.165) is 11.1 Å². The van der Waals surface area contributed by atoms with Crippen LogP contribution in [0.15, 0.2) is 18.2 Å². The second kappa shape index (κ2) is 4.99. The Hall–Kier alpha value is -1.31. The Kier molecular flexibility index (Phi) is 3.34. The summed E-state index contributed by atoms with van der Waals surface area (Å²) >= 11 is 0. The molecule has 2 nitrogen and oxygen atoms in total. The third-order valence-corrected chi connectivity index (χ3v) is 4.73. The SMILES string of the molecule is Cc1cccc(C(=O)N(C2CCCC2)C2CC2)c1C. The summed E-state index contributed by atoms with van der Waals surface area (Å²) in [5.74, 6) is 0.274. The number of carbonyl (C=O) groups is 1. The summed E-state index contributed by atoms with van der Waals surface area (Å²) in [5.41, 5.74) is 3.28. The molecule has 0 bridgehead atoms. The van der Waals surface area contributed by atoms with Gasteiger partial charge in [-0.05, 0) is 56.7 Å². The molecule has 0 aromatic heterocycles. The van der Waals surface area contributed by atoms with Gasteiger partial charge < -0.3 is 4.90 Å². The van der Waals surface area contributed by atoms with E-state index in [1.165, 1.54) is 44.1 Å². The van der Waals surface area contributed by atoms with E-state index >= 15 is 0 Å². The van der Waals surface area contributed by atoms with Crippen molar-refractivity contribution in [2.75, 3.05) is 0 Å². The molecule has 0 atom stereocenters. The van der Waals surface area contributed by atoms with Gasteiger partial charge in [0.25, 0.3) is 5.91 Å². The van der Waals surface area contributed by atoms with Crippen LogP contribution < -0.4 is 0 Å². The molecule has 1 aromatic rings. The van der Waals surface area contributed by atoms with Crippen LogP contribution in [0.1, 0.15) is 60.0 Å². The van der Waals surface area contributed by atoms with E-state index in [-0.39, 0.29) is 5.91 Å². The van der Waals surface area contributed by atoms with Gasteiger partial charge in [-0.1, -0.05) is 25.0 Å². The van der Waals surface area contributed by atoms with Crippen molar-refractivity contribution in [3.8, 4) is 0 Å². The second-order valence-electron chi connectivity index (χ2n) is 6.13. The Morgan fingerprint density at radius 1 is 1.05 bits per heavy atom. The molecule has 19 heavy (non-hydrogen) atoms. The van der Waals surface area contributed by atoms with Crippen molar-refractivity contribution >= 4 is 5.91 Å². The minimum Gasteiger partial charge on any atom is -0.333 e. The minimum atomic E-state index is 0.274. The fraction of sp³-hybridized carbons (Fsp3) is 0.588. The zero-order valence-corrected chi connectivity index (χ0v) is 12.0. The zero-order chi connectivity index (χ0) is 13.4. The molecule has 0 saturated heterocycles. The Morgan fingerprint density at radius 3 is 2.32 bits per heavy atom. The second-order valence-corrected chi connectivity index (χ2v) is 6.13. The summed E-state index contributed by atoms with van der Waals surface area (Å²) in [5, 5.41) is 0. The van der Waals surface area contributed by atoms with Gasteiger partial charge in [0.15, 0.2) is 0 Å². The Balaban J connectivity index is 1.89. The maximum atomic E-state index is 12.9. The van der Waals surface area contributed by atoms with Crippen molar-refractivity contribution in [2.45, 2.75) is 64.5 Å². The smallest absolute Gasteiger partial charge is 0.254 e. The summed E-state index contributed by atoms with van der Waals surface area (Å²) in [7, 11) is 0. The summed E-state index contributed by atoms with van der Waals surface area (Å²) in [6.07, 6.45) is 7.38. The molecular formula is C17H23NO. The number of carbonyl (C=O) groups excluding carboxylic acids is 1. The number of aryl methyl sites for hydroxylation is 1. The van der Waals surface area contributed by atoms with Crippen LogP contribution in [0.5, 0.6) is 0 Å². The van der Waals surface area contributed by atoms with Gasteiger partial charge in [0.2, 0.25) is 0 Å². The van der Waals surface area contributed by atoms with Gasteiger partial charge in [-0.2, -0.15) is 0 Å². The lowest BCUT2D eigenvalue weighted by molar-refractivity contribution is 0.0663. The average molecular weight is 257 g/mol. The van der Waals surface area contributed by atoms with Crippen molar-refractivity contribution in [1.82, 2.24) is 4.90 Å². The minimum absolute atomic E-state index is 0.274. The van der Waals surface area contributed by atoms with E-state index in [0.29, 0.717) is 12.1 Å². The van der Waals surface area contributed by atoms with E-state index < -0.39 is 0 Å². The lowest BCUT2D eigenvalue weighted by atomic mass is 10.0. The first-order valence-electron chi connectivity index (χ1n) is 7.57. The molecule has 0 unspecified atom stereocenters. The van der Waals surface area contributed by atoms with Crippen LogP contribution in [0.4, 0.5) is 0 Å². The van der Waals surface area contributed by atoms with E-state index in [4.69, 9.17) is 0 Å². The Morgan fingerprint density at radius 2 is 1.68 bits per heavy atom. The molecule has 2 heteroatoms. The highest BCUT2D eigenvalue weighted by Crippen LogP contribution is 2.36. The van der Waals surface area contributed by atoms with Gasteiger partial charge in [-0.15, -0.1) is 0 Å². The lowest BCUT2D eigenvalue weighted by Crippen LogP contribution is -2.40. The molecule has 3 rings (SSSR count). The zero-order valence-electron chi connectivity index (χ0n) is 12.0. The molecule has 2 aliphatic rings. The Labute approximate surface area is 115 Å². The summed E-state index contributed by atoms with van der Waals surface area (Å²) in [6, 6.07) is 7.11. The molecule has 0 N–H and O–H groups in total. The van der Waals surface area contributed by atoms with Crippen molar-refractivity contribution in [3.63, 3.8) is 0 Å². The predicted octanol–water partition coefficient (Wildman–Crippen LogP) is 3.85. The van der Waals surface area contributed by atoms with Crippen molar-refractivity contribution in [3.05, 3.63) is 34.9 Å². The molecule has 102 valence electrons. The predicted molar refractivity (Wildman–Crippen MR) is 77.4 cm³/mol. The standard InChI is InChI=1S/C17H23NO/c1-12-6-5-9-16(13(12)2)17(19)18(15-10-11-15)14-7-3-4-8-14/h5-6,9,14-15H,3-4,7-8,10-11H2,1-2H3. The molecule has 2 aliphatic carbocycles. The van der Waals surface area contributed by atoms with Gasteiger partial charge in [-0.25, -0.2) is 0 Å². The number of rotatable bonds is 3. The highest BCUT2D eigenvalue weighted by Gasteiger charge is 2.38. The lowest BCUT2D eigenvalue weighted by Gasteiger charge is -2.30. The molecule has 0 radical (unpaired) electrons.